The van der Waals surface area contributed by atoms with Crippen molar-refractivity contribution in [2.45, 2.75) is 52.1 Å². The summed E-state index contributed by atoms with van der Waals surface area (Å²) in [6.07, 6.45) is 5.55. The van der Waals surface area contributed by atoms with Crippen molar-refractivity contribution in [1.82, 2.24) is 24.5 Å². The topological polar surface area (TPSA) is 70.9 Å². The first-order valence-electron chi connectivity index (χ1n) is 10.1. The fourth-order valence-corrected chi connectivity index (χ4v) is 3.49. The molecule has 0 bridgehead atoms. The average Bonchev–Trinajstić information content (AvgIpc) is 3.12. The summed E-state index contributed by atoms with van der Waals surface area (Å²) >= 11 is 0. The summed E-state index contributed by atoms with van der Waals surface area (Å²) in [4.78, 5) is 14.2. The highest BCUT2D eigenvalue weighted by molar-refractivity contribution is 5.84. The third kappa shape index (κ3) is 4.09. The molecule has 1 aliphatic rings. The second-order valence-electron chi connectivity index (χ2n) is 8.35. The molecule has 3 heterocycles. The fraction of sp³-hybridized carbons (Fsp3) is 0.476. The van der Waals surface area contributed by atoms with Gasteiger partial charge in [0.25, 0.3) is 0 Å². The minimum absolute atomic E-state index is 0.109. The number of hydrogen-bond donors (Lipinski definition) is 2. The summed E-state index contributed by atoms with van der Waals surface area (Å²) in [5, 5.41) is 5.67. The van der Waals surface area contributed by atoms with Crippen LogP contribution in [0.4, 0.5) is 11.8 Å². The third-order valence-corrected chi connectivity index (χ3v) is 5.04. The number of nitrogens with one attached hydrogen (secondary N) is 2. The van der Waals surface area contributed by atoms with Crippen molar-refractivity contribution in [2.75, 3.05) is 23.8 Å². The molecular weight excluding hydrogens is 350 g/mol. The summed E-state index contributed by atoms with van der Waals surface area (Å²) in [5.41, 5.74) is 6.15. The molecule has 0 amide bonds. The van der Waals surface area contributed by atoms with Crippen LogP contribution in [0, 0.1) is 0 Å². The number of nitrogens with zero attached hydrogens (tertiary/aromatic N) is 5. The maximum absolute atomic E-state index is 4.81. The Hall–Kier alpha value is -2.67. The van der Waals surface area contributed by atoms with Gasteiger partial charge in [-0.05, 0) is 39.2 Å². The van der Waals surface area contributed by atoms with Gasteiger partial charge in [-0.3, -0.25) is 5.43 Å². The van der Waals surface area contributed by atoms with E-state index in [1.54, 1.807) is 0 Å². The number of hydrazine groups is 1. The molecule has 0 saturated carbocycles. The van der Waals surface area contributed by atoms with Crippen molar-refractivity contribution >= 4 is 22.9 Å². The van der Waals surface area contributed by atoms with Crippen LogP contribution in [0.25, 0.3) is 11.2 Å². The number of hydrogen-bond acceptors (Lipinski definition) is 6. The van der Waals surface area contributed by atoms with Crippen LogP contribution in [0.15, 0.2) is 36.7 Å². The van der Waals surface area contributed by atoms with Crippen LogP contribution in [0.1, 0.15) is 45.6 Å². The van der Waals surface area contributed by atoms with Crippen LogP contribution >= 0.6 is 0 Å². The molecule has 0 aliphatic carbocycles. The van der Waals surface area contributed by atoms with Crippen LogP contribution in [-0.2, 0) is 12.1 Å². The second-order valence-corrected chi connectivity index (χ2v) is 8.35. The molecule has 0 atom stereocenters. The Balaban J connectivity index is 1.68. The Bertz CT molecular complexity index is 921. The lowest BCUT2D eigenvalue weighted by atomic mass is 10.1. The smallest absolute Gasteiger partial charge is 0.241 e. The van der Waals surface area contributed by atoms with Crippen LogP contribution in [-0.4, -0.2) is 37.6 Å². The monoisotopic (exact) mass is 379 g/mol. The van der Waals surface area contributed by atoms with E-state index in [4.69, 9.17) is 9.97 Å². The maximum Gasteiger partial charge on any atom is 0.241 e. The predicted molar refractivity (Wildman–Crippen MR) is 113 cm³/mol. The number of aromatic nitrogens is 4. The highest BCUT2D eigenvalue weighted by Gasteiger charge is 2.21. The molecule has 0 spiro atoms. The molecule has 7 nitrogen and oxygen atoms in total. The average molecular weight is 380 g/mol. The van der Waals surface area contributed by atoms with Gasteiger partial charge >= 0.3 is 0 Å². The summed E-state index contributed by atoms with van der Waals surface area (Å²) < 4.78 is 2.11. The van der Waals surface area contributed by atoms with Gasteiger partial charge in [0, 0.05) is 25.2 Å². The van der Waals surface area contributed by atoms with E-state index in [-0.39, 0.29) is 5.54 Å². The van der Waals surface area contributed by atoms with Crippen LogP contribution in [0.3, 0.4) is 0 Å². The van der Waals surface area contributed by atoms with E-state index in [0.29, 0.717) is 12.5 Å². The van der Waals surface area contributed by atoms with Crippen LogP contribution in [0.5, 0.6) is 0 Å². The number of benzene rings is 1. The molecule has 3 aromatic rings. The molecule has 0 unspecified atom stereocenters. The number of rotatable bonds is 5. The molecule has 1 aliphatic heterocycles. The van der Waals surface area contributed by atoms with Gasteiger partial charge < -0.3 is 9.88 Å². The maximum atomic E-state index is 4.81. The normalized spacial score (nSPS) is 15.7. The lowest BCUT2D eigenvalue weighted by Gasteiger charge is -2.27. The minimum Gasteiger partial charge on any atom is -0.364 e. The van der Waals surface area contributed by atoms with Crippen molar-refractivity contribution < 1.29 is 0 Å². The SMILES string of the molecule is CC(C)(C)n1cnc2c(NCc3ccccc3)nc(NN3CCCCC3)nc21. The van der Waals surface area contributed by atoms with E-state index < -0.39 is 0 Å². The number of imidazole rings is 1. The van der Waals surface area contributed by atoms with Gasteiger partial charge in [0.2, 0.25) is 5.95 Å². The molecule has 2 aromatic heterocycles. The molecule has 0 radical (unpaired) electrons. The van der Waals surface area contributed by atoms with E-state index in [2.05, 4.69) is 58.2 Å². The second kappa shape index (κ2) is 7.75. The molecule has 148 valence electrons. The zero-order valence-corrected chi connectivity index (χ0v) is 16.9. The Morgan fingerprint density at radius 2 is 1.75 bits per heavy atom. The van der Waals surface area contributed by atoms with Gasteiger partial charge in [-0.1, -0.05) is 36.8 Å². The molecule has 1 aromatic carbocycles. The van der Waals surface area contributed by atoms with Crippen LogP contribution in [0.2, 0.25) is 0 Å². The number of fused-ring (bicyclic) bond motifs is 1. The standard InChI is InChI=1S/C21H29N7/c1-21(2,3)28-15-23-17-18(22-14-16-10-6-4-7-11-16)24-20(25-19(17)28)26-27-12-8-5-9-13-27/h4,6-7,10-11,15H,5,8-9,12-14H2,1-3H3,(H2,22,24,25,26). The highest BCUT2D eigenvalue weighted by Crippen LogP contribution is 2.26. The summed E-state index contributed by atoms with van der Waals surface area (Å²) in [5.74, 6) is 1.38. The van der Waals surface area contributed by atoms with Crippen molar-refractivity contribution in [1.29, 1.82) is 0 Å². The minimum atomic E-state index is -0.109. The van der Waals surface area contributed by atoms with E-state index >= 15 is 0 Å². The first-order valence-corrected chi connectivity index (χ1v) is 10.1. The van der Waals surface area contributed by atoms with Gasteiger partial charge in [0.05, 0.1) is 6.33 Å². The van der Waals surface area contributed by atoms with E-state index in [0.717, 1.165) is 30.1 Å². The predicted octanol–water partition coefficient (Wildman–Crippen LogP) is 4.01. The van der Waals surface area contributed by atoms with E-state index in [9.17, 15) is 0 Å². The van der Waals surface area contributed by atoms with Crippen LogP contribution < -0.4 is 10.7 Å². The Morgan fingerprint density at radius 1 is 1.00 bits per heavy atom. The molecule has 4 rings (SSSR count). The highest BCUT2D eigenvalue weighted by atomic mass is 15.5. The van der Waals surface area contributed by atoms with E-state index in [1.807, 2.05) is 24.5 Å². The zero-order chi connectivity index (χ0) is 19.6. The summed E-state index contributed by atoms with van der Waals surface area (Å²) in [6.45, 7) is 9.21. The lowest BCUT2D eigenvalue weighted by Crippen LogP contribution is -2.35. The Labute approximate surface area is 166 Å². The van der Waals surface area contributed by atoms with Crippen molar-refractivity contribution in [3.8, 4) is 0 Å². The van der Waals surface area contributed by atoms with Gasteiger partial charge in [-0.25, -0.2) is 9.99 Å². The van der Waals surface area contributed by atoms with Crippen molar-refractivity contribution in [3.63, 3.8) is 0 Å². The molecular formula is C21H29N7. The van der Waals surface area contributed by atoms with Crippen molar-refractivity contribution in [3.05, 3.63) is 42.2 Å². The molecule has 1 saturated heterocycles. The Morgan fingerprint density at radius 3 is 2.46 bits per heavy atom. The third-order valence-electron chi connectivity index (χ3n) is 5.04. The van der Waals surface area contributed by atoms with Crippen molar-refractivity contribution in [2.24, 2.45) is 0 Å². The number of anilines is 2. The fourth-order valence-electron chi connectivity index (χ4n) is 3.49. The first-order chi connectivity index (χ1) is 13.5. The van der Waals surface area contributed by atoms with Gasteiger partial charge in [-0.2, -0.15) is 9.97 Å². The molecule has 7 heteroatoms. The zero-order valence-electron chi connectivity index (χ0n) is 16.9. The summed E-state index contributed by atoms with van der Waals surface area (Å²) in [6, 6.07) is 10.3. The molecule has 1 fully saturated rings. The summed E-state index contributed by atoms with van der Waals surface area (Å²) in [7, 11) is 0. The quantitative estimate of drug-likeness (QED) is 0.698. The Kier molecular flexibility index (Phi) is 5.17. The van der Waals surface area contributed by atoms with Gasteiger partial charge in [0.1, 0.15) is 0 Å². The lowest BCUT2D eigenvalue weighted by molar-refractivity contribution is 0.271. The molecule has 28 heavy (non-hydrogen) atoms. The van der Waals surface area contributed by atoms with Gasteiger partial charge in [-0.15, -0.1) is 0 Å². The van der Waals surface area contributed by atoms with Gasteiger partial charge in [0.15, 0.2) is 17.0 Å². The first kappa shape index (κ1) is 18.7. The molecule has 2 N–H and O–H groups in total. The number of piperidine rings is 1. The van der Waals surface area contributed by atoms with E-state index in [1.165, 1.54) is 24.8 Å². The largest absolute Gasteiger partial charge is 0.364 e.